The number of aromatic nitrogens is 1. The smallest absolute Gasteiger partial charge is 0.243 e. The maximum absolute atomic E-state index is 5.87. The molecule has 0 amide bonds. The van der Waals surface area contributed by atoms with E-state index in [2.05, 4.69) is 9.88 Å². The number of morpholine rings is 1. The van der Waals surface area contributed by atoms with Crippen LogP contribution in [0.25, 0.3) is 0 Å². The zero-order valence-electron chi connectivity index (χ0n) is 11.2. The molecule has 0 atom stereocenters. The number of nitrogens with two attached hydrogens (primary N) is 1. The molecule has 0 bridgehead atoms. The van der Waals surface area contributed by atoms with E-state index in [1.165, 1.54) is 0 Å². The summed E-state index contributed by atoms with van der Waals surface area (Å²) in [6.07, 6.45) is 1.73. The van der Waals surface area contributed by atoms with Gasteiger partial charge in [0.25, 0.3) is 0 Å². The van der Waals surface area contributed by atoms with Gasteiger partial charge in [0.15, 0.2) is 0 Å². The number of pyridine rings is 1. The van der Waals surface area contributed by atoms with Crippen molar-refractivity contribution in [1.82, 2.24) is 4.98 Å². The van der Waals surface area contributed by atoms with E-state index >= 15 is 0 Å². The van der Waals surface area contributed by atoms with Crippen molar-refractivity contribution in [3.05, 3.63) is 42.6 Å². The second-order valence-electron chi connectivity index (χ2n) is 4.60. The summed E-state index contributed by atoms with van der Waals surface area (Å²) in [5.41, 5.74) is 7.38. The Bertz CT molecular complexity index is 566. The number of hydrogen-bond donors (Lipinski definition) is 1. The van der Waals surface area contributed by atoms with Crippen LogP contribution in [0.1, 0.15) is 0 Å². The third-order valence-electron chi connectivity index (χ3n) is 3.20. The normalized spacial score (nSPS) is 15.1. The van der Waals surface area contributed by atoms with Gasteiger partial charge in [-0.05, 0) is 36.4 Å². The molecule has 0 saturated carbocycles. The van der Waals surface area contributed by atoms with E-state index in [1.807, 2.05) is 36.4 Å². The predicted octanol–water partition coefficient (Wildman–Crippen LogP) is 2.29. The summed E-state index contributed by atoms with van der Waals surface area (Å²) in [4.78, 5) is 6.56. The van der Waals surface area contributed by atoms with E-state index in [1.54, 1.807) is 6.20 Å². The summed E-state index contributed by atoms with van der Waals surface area (Å²) in [7, 11) is 0. The van der Waals surface area contributed by atoms with Gasteiger partial charge in [-0.15, -0.1) is 0 Å². The highest BCUT2D eigenvalue weighted by Crippen LogP contribution is 2.30. The third-order valence-corrected chi connectivity index (χ3v) is 3.20. The number of hydrogen-bond acceptors (Lipinski definition) is 5. The SMILES string of the molecule is Nc1ccc(Oc2ncccc2N2CCOCC2)cc1. The molecule has 104 valence electrons. The summed E-state index contributed by atoms with van der Waals surface area (Å²) in [5, 5.41) is 0. The summed E-state index contributed by atoms with van der Waals surface area (Å²) in [6, 6.07) is 11.2. The van der Waals surface area contributed by atoms with Crippen molar-refractivity contribution in [3.8, 4) is 11.6 Å². The average Bonchev–Trinajstić information content (AvgIpc) is 2.51. The number of ether oxygens (including phenoxy) is 2. The van der Waals surface area contributed by atoms with Gasteiger partial charge in [0, 0.05) is 25.0 Å². The van der Waals surface area contributed by atoms with Crippen molar-refractivity contribution in [2.75, 3.05) is 36.9 Å². The fourth-order valence-electron chi connectivity index (χ4n) is 2.15. The van der Waals surface area contributed by atoms with Gasteiger partial charge in [-0.25, -0.2) is 4.98 Å². The van der Waals surface area contributed by atoms with Crippen molar-refractivity contribution in [2.45, 2.75) is 0 Å². The minimum atomic E-state index is 0.610. The molecular weight excluding hydrogens is 254 g/mol. The van der Waals surface area contributed by atoms with Gasteiger partial charge in [-0.2, -0.15) is 0 Å². The molecule has 1 fully saturated rings. The molecule has 0 unspecified atom stereocenters. The maximum atomic E-state index is 5.87. The van der Waals surface area contributed by atoms with E-state index in [0.717, 1.165) is 37.7 Å². The lowest BCUT2D eigenvalue weighted by molar-refractivity contribution is 0.122. The van der Waals surface area contributed by atoms with Gasteiger partial charge in [0.2, 0.25) is 5.88 Å². The fourth-order valence-corrected chi connectivity index (χ4v) is 2.15. The largest absolute Gasteiger partial charge is 0.437 e. The molecule has 2 heterocycles. The van der Waals surface area contributed by atoms with Crippen LogP contribution in [0.5, 0.6) is 11.6 Å². The molecule has 1 aromatic carbocycles. The molecule has 20 heavy (non-hydrogen) atoms. The van der Waals surface area contributed by atoms with Crippen LogP contribution in [0.4, 0.5) is 11.4 Å². The Labute approximate surface area is 117 Å². The summed E-state index contributed by atoms with van der Waals surface area (Å²) < 4.78 is 11.2. The number of benzene rings is 1. The van der Waals surface area contributed by atoms with Gasteiger partial charge in [0.1, 0.15) is 11.4 Å². The van der Waals surface area contributed by atoms with Crippen LogP contribution in [0.2, 0.25) is 0 Å². The van der Waals surface area contributed by atoms with Gasteiger partial charge in [0.05, 0.1) is 13.2 Å². The zero-order chi connectivity index (χ0) is 13.8. The lowest BCUT2D eigenvalue weighted by Crippen LogP contribution is -2.36. The highest BCUT2D eigenvalue weighted by Gasteiger charge is 2.16. The van der Waals surface area contributed by atoms with Crippen LogP contribution in [0.15, 0.2) is 42.6 Å². The van der Waals surface area contributed by atoms with Gasteiger partial charge in [-0.3, -0.25) is 0 Å². The lowest BCUT2D eigenvalue weighted by atomic mass is 10.3. The monoisotopic (exact) mass is 271 g/mol. The molecule has 5 heteroatoms. The molecule has 2 N–H and O–H groups in total. The Morgan fingerprint density at radius 3 is 2.60 bits per heavy atom. The first kappa shape index (κ1) is 12.7. The summed E-state index contributed by atoms with van der Waals surface area (Å²) in [6.45, 7) is 3.17. The molecule has 5 nitrogen and oxygen atoms in total. The molecule has 0 radical (unpaired) electrons. The first-order valence-corrected chi connectivity index (χ1v) is 6.64. The Morgan fingerprint density at radius 1 is 1.10 bits per heavy atom. The van der Waals surface area contributed by atoms with E-state index in [0.29, 0.717) is 11.6 Å². The highest BCUT2D eigenvalue weighted by molar-refractivity contribution is 5.56. The van der Waals surface area contributed by atoms with Crippen LogP contribution in [0.3, 0.4) is 0 Å². The van der Waals surface area contributed by atoms with Crippen molar-refractivity contribution in [3.63, 3.8) is 0 Å². The van der Waals surface area contributed by atoms with Crippen molar-refractivity contribution in [1.29, 1.82) is 0 Å². The number of nitrogens with zero attached hydrogens (tertiary/aromatic N) is 2. The highest BCUT2D eigenvalue weighted by atomic mass is 16.5. The topological polar surface area (TPSA) is 60.6 Å². The predicted molar refractivity (Wildman–Crippen MR) is 78.2 cm³/mol. The van der Waals surface area contributed by atoms with Crippen LogP contribution in [-0.4, -0.2) is 31.3 Å². The number of anilines is 2. The molecule has 0 spiro atoms. The molecule has 0 aliphatic carbocycles. The minimum absolute atomic E-state index is 0.610. The Hall–Kier alpha value is -2.27. The van der Waals surface area contributed by atoms with E-state index in [4.69, 9.17) is 15.2 Å². The molecular formula is C15H17N3O2. The van der Waals surface area contributed by atoms with Crippen molar-refractivity contribution in [2.24, 2.45) is 0 Å². The van der Waals surface area contributed by atoms with E-state index < -0.39 is 0 Å². The van der Waals surface area contributed by atoms with Crippen LogP contribution in [-0.2, 0) is 4.74 Å². The molecule has 1 aliphatic heterocycles. The summed E-state index contributed by atoms with van der Waals surface area (Å²) in [5.74, 6) is 1.34. The standard InChI is InChI=1S/C15H17N3O2/c16-12-3-5-13(6-4-12)20-15-14(2-1-7-17-15)18-8-10-19-11-9-18/h1-7H,8-11,16H2. The maximum Gasteiger partial charge on any atom is 0.243 e. The third kappa shape index (κ3) is 2.83. The quantitative estimate of drug-likeness (QED) is 0.868. The second-order valence-corrected chi connectivity index (χ2v) is 4.60. The molecule has 1 saturated heterocycles. The van der Waals surface area contributed by atoms with Crippen molar-refractivity contribution < 1.29 is 9.47 Å². The van der Waals surface area contributed by atoms with Crippen molar-refractivity contribution >= 4 is 11.4 Å². The van der Waals surface area contributed by atoms with Gasteiger partial charge >= 0.3 is 0 Å². The van der Waals surface area contributed by atoms with Gasteiger partial charge in [-0.1, -0.05) is 0 Å². The van der Waals surface area contributed by atoms with Gasteiger partial charge < -0.3 is 20.1 Å². The average molecular weight is 271 g/mol. The molecule has 1 aliphatic rings. The second kappa shape index (κ2) is 5.79. The van der Waals surface area contributed by atoms with E-state index in [9.17, 15) is 0 Å². The first-order valence-electron chi connectivity index (χ1n) is 6.64. The van der Waals surface area contributed by atoms with E-state index in [-0.39, 0.29) is 0 Å². The number of nitrogen functional groups attached to an aromatic ring is 1. The Balaban J connectivity index is 1.83. The molecule has 2 aromatic rings. The lowest BCUT2D eigenvalue weighted by Gasteiger charge is -2.29. The fraction of sp³-hybridized carbons (Fsp3) is 0.267. The Kier molecular flexibility index (Phi) is 3.69. The van der Waals surface area contributed by atoms with Crippen LogP contribution in [0, 0.1) is 0 Å². The minimum Gasteiger partial charge on any atom is -0.437 e. The van der Waals surface area contributed by atoms with Crippen LogP contribution < -0.4 is 15.4 Å². The molecule has 3 rings (SSSR count). The first-order chi connectivity index (χ1) is 9.83. The summed E-state index contributed by atoms with van der Waals surface area (Å²) >= 11 is 0. The molecule has 1 aromatic heterocycles. The Morgan fingerprint density at radius 2 is 1.85 bits per heavy atom. The zero-order valence-corrected chi connectivity index (χ0v) is 11.2. The van der Waals surface area contributed by atoms with Crippen LogP contribution >= 0.6 is 0 Å². The number of rotatable bonds is 3.